The zero-order valence-corrected chi connectivity index (χ0v) is 10.4. The van der Waals surface area contributed by atoms with Gasteiger partial charge in [0.15, 0.2) is 0 Å². The van der Waals surface area contributed by atoms with Gasteiger partial charge in [-0.05, 0) is 25.7 Å². The maximum absolute atomic E-state index is 12.1. The number of hydrogen-bond donors (Lipinski definition) is 2. The number of aliphatic carboxylic acids is 1. The SMILES string of the molecule is CCCC[C@H](N)C(=O)N1CCCC[C@@H]1C(=O)O. The fraction of sp³-hybridized carbons (Fsp3) is 0.833. The average Bonchev–Trinajstić information content (AvgIpc) is 2.34. The van der Waals surface area contributed by atoms with Crippen LogP contribution in [0.15, 0.2) is 0 Å². The van der Waals surface area contributed by atoms with Crippen LogP contribution in [0.3, 0.4) is 0 Å². The second kappa shape index (κ2) is 6.59. The smallest absolute Gasteiger partial charge is 0.326 e. The molecule has 0 bridgehead atoms. The molecule has 0 aliphatic carbocycles. The van der Waals surface area contributed by atoms with E-state index in [1.807, 2.05) is 6.92 Å². The number of carboxylic acids is 1. The average molecular weight is 242 g/mol. The van der Waals surface area contributed by atoms with E-state index in [0.29, 0.717) is 19.4 Å². The number of hydrogen-bond acceptors (Lipinski definition) is 3. The minimum absolute atomic E-state index is 0.203. The van der Waals surface area contributed by atoms with Crippen LogP contribution in [0.4, 0.5) is 0 Å². The fourth-order valence-electron chi connectivity index (χ4n) is 2.21. The molecule has 0 radical (unpaired) electrons. The number of carboxylic acid groups (broad SMARTS) is 1. The van der Waals surface area contributed by atoms with Crippen LogP contribution in [-0.2, 0) is 9.59 Å². The van der Waals surface area contributed by atoms with Crippen LogP contribution in [0.2, 0.25) is 0 Å². The van der Waals surface area contributed by atoms with Crippen molar-refractivity contribution in [3.05, 3.63) is 0 Å². The highest BCUT2D eigenvalue weighted by Crippen LogP contribution is 2.18. The Kier molecular flexibility index (Phi) is 5.41. The lowest BCUT2D eigenvalue weighted by atomic mass is 10.00. The molecule has 5 nitrogen and oxygen atoms in total. The van der Waals surface area contributed by atoms with Crippen molar-refractivity contribution in [3.8, 4) is 0 Å². The molecule has 0 aromatic rings. The van der Waals surface area contributed by atoms with Gasteiger partial charge in [-0.3, -0.25) is 4.79 Å². The van der Waals surface area contributed by atoms with Crippen LogP contribution in [0.5, 0.6) is 0 Å². The first-order chi connectivity index (χ1) is 8.07. The summed E-state index contributed by atoms with van der Waals surface area (Å²) in [6.45, 7) is 2.56. The van der Waals surface area contributed by atoms with E-state index >= 15 is 0 Å². The minimum atomic E-state index is -0.916. The molecule has 98 valence electrons. The van der Waals surface area contributed by atoms with E-state index in [4.69, 9.17) is 10.8 Å². The van der Waals surface area contributed by atoms with E-state index in [0.717, 1.165) is 25.7 Å². The molecule has 1 amide bonds. The van der Waals surface area contributed by atoms with Crippen molar-refractivity contribution in [2.24, 2.45) is 5.73 Å². The van der Waals surface area contributed by atoms with Gasteiger partial charge in [0.05, 0.1) is 6.04 Å². The number of nitrogens with two attached hydrogens (primary N) is 1. The third kappa shape index (κ3) is 3.70. The molecule has 17 heavy (non-hydrogen) atoms. The lowest BCUT2D eigenvalue weighted by Crippen LogP contribution is -2.53. The van der Waals surface area contributed by atoms with Crippen molar-refractivity contribution < 1.29 is 14.7 Å². The molecule has 5 heteroatoms. The summed E-state index contributed by atoms with van der Waals surface area (Å²) in [5.41, 5.74) is 5.81. The first-order valence-electron chi connectivity index (χ1n) is 6.36. The van der Waals surface area contributed by atoms with Gasteiger partial charge in [0.25, 0.3) is 0 Å². The summed E-state index contributed by atoms with van der Waals surface area (Å²) >= 11 is 0. The molecule has 1 saturated heterocycles. The fourth-order valence-corrected chi connectivity index (χ4v) is 2.21. The van der Waals surface area contributed by atoms with Crippen molar-refractivity contribution in [3.63, 3.8) is 0 Å². The largest absolute Gasteiger partial charge is 0.480 e. The third-order valence-electron chi connectivity index (χ3n) is 3.26. The molecular weight excluding hydrogens is 220 g/mol. The van der Waals surface area contributed by atoms with Gasteiger partial charge in [0.1, 0.15) is 6.04 Å². The van der Waals surface area contributed by atoms with Crippen LogP contribution in [-0.4, -0.2) is 40.5 Å². The number of carbonyl (C=O) groups excluding carboxylic acids is 1. The molecule has 1 heterocycles. The molecule has 0 spiro atoms. The highest BCUT2D eigenvalue weighted by Gasteiger charge is 2.33. The molecular formula is C12H22N2O3. The van der Waals surface area contributed by atoms with Crippen molar-refractivity contribution in [2.45, 2.75) is 57.5 Å². The third-order valence-corrected chi connectivity index (χ3v) is 3.26. The number of carbonyl (C=O) groups is 2. The van der Waals surface area contributed by atoms with Crippen LogP contribution >= 0.6 is 0 Å². The Morgan fingerprint density at radius 3 is 2.76 bits per heavy atom. The minimum Gasteiger partial charge on any atom is -0.480 e. The zero-order valence-electron chi connectivity index (χ0n) is 10.4. The predicted octanol–water partition coefficient (Wildman–Crippen LogP) is 0.970. The van der Waals surface area contributed by atoms with Gasteiger partial charge in [-0.15, -0.1) is 0 Å². The Labute approximate surface area is 102 Å². The van der Waals surface area contributed by atoms with E-state index < -0.39 is 18.1 Å². The van der Waals surface area contributed by atoms with Crippen LogP contribution in [0.25, 0.3) is 0 Å². The van der Waals surface area contributed by atoms with Crippen molar-refractivity contribution in [2.75, 3.05) is 6.54 Å². The van der Waals surface area contributed by atoms with Gasteiger partial charge in [0.2, 0.25) is 5.91 Å². The van der Waals surface area contributed by atoms with Gasteiger partial charge in [-0.2, -0.15) is 0 Å². The molecule has 1 fully saturated rings. The van der Waals surface area contributed by atoms with Gasteiger partial charge in [-0.25, -0.2) is 4.79 Å². The number of rotatable bonds is 5. The highest BCUT2D eigenvalue weighted by atomic mass is 16.4. The molecule has 0 unspecified atom stereocenters. The number of nitrogens with zero attached hydrogens (tertiary/aromatic N) is 1. The molecule has 0 aromatic carbocycles. The van der Waals surface area contributed by atoms with Gasteiger partial charge in [0, 0.05) is 6.54 Å². The molecule has 3 N–H and O–H groups in total. The van der Waals surface area contributed by atoms with Crippen LogP contribution in [0.1, 0.15) is 45.4 Å². The highest BCUT2D eigenvalue weighted by molar-refractivity contribution is 5.87. The van der Waals surface area contributed by atoms with E-state index in [-0.39, 0.29) is 5.91 Å². The van der Waals surface area contributed by atoms with Crippen molar-refractivity contribution in [1.82, 2.24) is 4.90 Å². The van der Waals surface area contributed by atoms with E-state index in [1.54, 1.807) is 0 Å². The van der Waals surface area contributed by atoms with Gasteiger partial charge >= 0.3 is 5.97 Å². The standard InChI is InChI=1S/C12H22N2O3/c1-2-3-6-9(13)11(15)14-8-5-4-7-10(14)12(16)17/h9-10H,2-8,13H2,1H3,(H,16,17)/t9-,10+/m0/s1. The second-order valence-electron chi connectivity index (χ2n) is 4.63. The number of likely N-dealkylation sites (tertiary alicyclic amines) is 1. The molecule has 1 aliphatic heterocycles. The Bertz CT molecular complexity index is 281. The first-order valence-corrected chi connectivity index (χ1v) is 6.36. The zero-order chi connectivity index (χ0) is 12.8. The Morgan fingerprint density at radius 1 is 1.47 bits per heavy atom. The molecule has 0 aromatic heterocycles. The number of unbranched alkanes of at least 4 members (excludes halogenated alkanes) is 1. The lowest BCUT2D eigenvalue weighted by molar-refractivity contribution is -0.152. The van der Waals surface area contributed by atoms with E-state index in [9.17, 15) is 9.59 Å². The quantitative estimate of drug-likeness (QED) is 0.752. The summed E-state index contributed by atoms with van der Waals surface area (Å²) in [4.78, 5) is 24.6. The number of piperidine rings is 1. The first kappa shape index (κ1) is 14.0. The maximum Gasteiger partial charge on any atom is 0.326 e. The monoisotopic (exact) mass is 242 g/mol. The van der Waals surface area contributed by atoms with Gasteiger partial charge < -0.3 is 15.7 Å². The van der Waals surface area contributed by atoms with Crippen LogP contribution < -0.4 is 5.73 Å². The Balaban J connectivity index is 2.61. The van der Waals surface area contributed by atoms with Crippen molar-refractivity contribution in [1.29, 1.82) is 0 Å². The normalized spacial score (nSPS) is 22.2. The second-order valence-corrected chi connectivity index (χ2v) is 4.63. The Morgan fingerprint density at radius 2 is 2.18 bits per heavy atom. The number of amides is 1. The summed E-state index contributed by atoms with van der Waals surface area (Å²) in [7, 11) is 0. The summed E-state index contributed by atoms with van der Waals surface area (Å²) in [5.74, 6) is -1.12. The summed E-state index contributed by atoms with van der Waals surface area (Å²) in [6.07, 6.45) is 4.81. The summed E-state index contributed by atoms with van der Waals surface area (Å²) in [5, 5.41) is 9.08. The van der Waals surface area contributed by atoms with Gasteiger partial charge in [-0.1, -0.05) is 19.8 Å². The summed E-state index contributed by atoms with van der Waals surface area (Å²) < 4.78 is 0. The molecule has 1 rings (SSSR count). The molecule has 2 atom stereocenters. The summed E-state index contributed by atoms with van der Waals surface area (Å²) in [6, 6.07) is -1.22. The molecule has 1 aliphatic rings. The van der Waals surface area contributed by atoms with Crippen molar-refractivity contribution >= 4 is 11.9 Å². The van der Waals surface area contributed by atoms with Crippen LogP contribution in [0, 0.1) is 0 Å². The van der Waals surface area contributed by atoms with E-state index in [1.165, 1.54) is 4.90 Å². The Hall–Kier alpha value is -1.10. The van der Waals surface area contributed by atoms with E-state index in [2.05, 4.69) is 0 Å². The molecule has 0 saturated carbocycles. The lowest BCUT2D eigenvalue weighted by Gasteiger charge is -2.34. The predicted molar refractivity (Wildman–Crippen MR) is 64.5 cm³/mol. The topological polar surface area (TPSA) is 83.6 Å². The maximum atomic E-state index is 12.1.